The molecule has 11 heteroatoms. The van der Waals surface area contributed by atoms with E-state index in [-0.39, 0.29) is 28.6 Å². The van der Waals surface area contributed by atoms with E-state index >= 15 is 0 Å². The van der Waals surface area contributed by atoms with E-state index in [0.29, 0.717) is 5.75 Å². The molecule has 0 radical (unpaired) electrons. The van der Waals surface area contributed by atoms with Gasteiger partial charge in [0.05, 0.1) is 24.1 Å². The first-order chi connectivity index (χ1) is 14.6. The standard InChI is InChI=1S/C20H23FN2O6S2/c1-23(2)31(26,27)16-8-9-18(28-3)17(12-16)22-19(24)13-29-20(25)10-11-30-15-6-4-14(21)5-7-15/h4-9,12H,10-11,13H2,1-3H3,(H,22,24). The van der Waals surface area contributed by atoms with Crippen molar-refractivity contribution in [3.8, 4) is 5.75 Å². The van der Waals surface area contributed by atoms with Crippen molar-refractivity contribution in [1.29, 1.82) is 0 Å². The SMILES string of the molecule is COc1ccc(S(=O)(=O)N(C)C)cc1NC(=O)COC(=O)CCSc1ccc(F)cc1. The van der Waals surface area contributed by atoms with Crippen LogP contribution in [0.3, 0.4) is 0 Å². The molecule has 2 aromatic rings. The normalized spacial score (nSPS) is 11.3. The number of rotatable bonds is 10. The van der Waals surface area contributed by atoms with Crippen molar-refractivity contribution in [3.63, 3.8) is 0 Å². The Bertz CT molecular complexity index is 1030. The lowest BCUT2D eigenvalue weighted by Crippen LogP contribution is -2.23. The van der Waals surface area contributed by atoms with E-state index in [1.54, 1.807) is 12.1 Å². The maximum Gasteiger partial charge on any atom is 0.307 e. The number of sulfonamides is 1. The summed E-state index contributed by atoms with van der Waals surface area (Å²) in [7, 11) is 0.464. The highest BCUT2D eigenvalue weighted by molar-refractivity contribution is 7.99. The molecule has 0 heterocycles. The molecule has 0 unspecified atom stereocenters. The summed E-state index contributed by atoms with van der Waals surface area (Å²) in [6.45, 7) is -0.534. The third-order valence-corrected chi connectivity index (χ3v) is 6.80. The van der Waals surface area contributed by atoms with E-state index < -0.39 is 28.5 Å². The maximum atomic E-state index is 12.9. The van der Waals surface area contributed by atoms with Crippen LogP contribution in [0.15, 0.2) is 52.3 Å². The van der Waals surface area contributed by atoms with E-state index in [1.807, 2.05) is 0 Å². The van der Waals surface area contributed by atoms with E-state index in [9.17, 15) is 22.4 Å². The summed E-state index contributed by atoms with van der Waals surface area (Å²) in [6, 6.07) is 9.93. The average Bonchev–Trinajstić information content (AvgIpc) is 2.73. The van der Waals surface area contributed by atoms with Crippen LogP contribution in [0.4, 0.5) is 10.1 Å². The van der Waals surface area contributed by atoms with Gasteiger partial charge in [0.1, 0.15) is 11.6 Å². The number of hydrogen-bond acceptors (Lipinski definition) is 7. The lowest BCUT2D eigenvalue weighted by molar-refractivity contribution is -0.146. The van der Waals surface area contributed by atoms with Crippen molar-refractivity contribution in [2.75, 3.05) is 38.9 Å². The van der Waals surface area contributed by atoms with Gasteiger partial charge in [-0.2, -0.15) is 0 Å². The zero-order valence-electron chi connectivity index (χ0n) is 17.3. The highest BCUT2D eigenvalue weighted by Gasteiger charge is 2.20. The molecular formula is C20H23FN2O6S2. The van der Waals surface area contributed by atoms with Gasteiger partial charge in [-0.15, -0.1) is 11.8 Å². The molecule has 2 aromatic carbocycles. The summed E-state index contributed by atoms with van der Waals surface area (Å²) in [4.78, 5) is 24.8. The fourth-order valence-electron chi connectivity index (χ4n) is 2.34. The highest BCUT2D eigenvalue weighted by Crippen LogP contribution is 2.28. The van der Waals surface area contributed by atoms with E-state index in [2.05, 4.69) is 5.32 Å². The molecule has 0 aromatic heterocycles. The van der Waals surface area contributed by atoms with Crippen molar-refractivity contribution in [2.24, 2.45) is 0 Å². The van der Waals surface area contributed by atoms with Gasteiger partial charge in [-0.1, -0.05) is 0 Å². The van der Waals surface area contributed by atoms with Gasteiger partial charge in [-0.25, -0.2) is 17.1 Å². The molecule has 8 nitrogen and oxygen atoms in total. The lowest BCUT2D eigenvalue weighted by atomic mass is 10.3. The second kappa shape index (κ2) is 11.1. The van der Waals surface area contributed by atoms with Gasteiger partial charge in [0.15, 0.2) is 6.61 Å². The minimum absolute atomic E-state index is 0.0246. The summed E-state index contributed by atoms with van der Waals surface area (Å²) in [5.41, 5.74) is 0.137. The summed E-state index contributed by atoms with van der Waals surface area (Å²) in [5.74, 6) is -0.883. The topological polar surface area (TPSA) is 102 Å². The Labute approximate surface area is 184 Å². The van der Waals surface area contributed by atoms with Crippen molar-refractivity contribution >= 4 is 39.3 Å². The monoisotopic (exact) mass is 470 g/mol. The van der Waals surface area contributed by atoms with Crippen LogP contribution in [-0.2, 0) is 24.3 Å². The first-order valence-electron chi connectivity index (χ1n) is 9.08. The van der Waals surface area contributed by atoms with E-state index in [4.69, 9.17) is 9.47 Å². The number of thioether (sulfide) groups is 1. The number of anilines is 1. The molecule has 0 spiro atoms. The van der Waals surface area contributed by atoms with Crippen LogP contribution in [-0.4, -0.2) is 58.2 Å². The first kappa shape index (κ1) is 24.6. The summed E-state index contributed by atoms with van der Waals surface area (Å²) >= 11 is 1.36. The predicted molar refractivity (Wildman–Crippen MR) is 115 cm³/mol. The number of carbonyl (C=O) groups is 2. The zero-order valence-corrected chi connectivity index (χ0v) is 18.9. The van der Waals surface area contributed by atoms with Crippen LogP contribution in [0.5, 0.6) is 5.75 Å². The van der Waals surface area contributed by atoms with Crippen LogP contribution < -0.4 is 10.1 Å². The van der Waals surface area contributed by atoms with Crippen molar-refractivity contribution in [1.82, 2.24) is 4.31 Å². The number of amides is 1. The number of benzene rings is 2. The zero-order chi connectivity index (χ0) is 23.0. The quantitative estimate of drug-likeness (QED) is 0.421. The van der Waals surface area contributed by atoms with Crippen molar-refractivity contribution in [3.05, 3.63) is 48.3 Å². The van der Waals surface area contributed by atoms with Crippen LogP contribution in [0.2, 0.25) is 0 Å². The van der Waals surface area contributed by atoms with Crippen LogP contribution >= 0.6 is 11.8 Å². The lowest BCUT2D eigenvalue weighted by Gasteiger charge is -2.15. The molecule has 0 aliphatic heterocycles. The Morgan fingerprint density at radius 2 is 1.81 bits per heavy atom. The molecule has 1 amide bonds. The largest absolute Gasteiger partial charge is 0.495 e. The predicted octanol–water partition coefficient (Wildman–Crippen LogP) is 2.75. The average molecular weight is 471 g/mol. The molecule has 0 aliphatic carbocycles. The molecule has 0 saturated heterocycles. The molecule has 0 bridgehead atoms. The number of ether oxygens (including phenoxy) is 2. The molecule has 0 saturated carbocycles. The fourth-order valence-corrected chi connectivity index (χ4v) is 4.10. The van der Waals surface area contributed by atoms with Crippen LogP contribution in [0, 0.1) is 5.82 Å². The molecule has 31 heavy (non-hydrogen) atoms. The molecular weight excluding hydrogens is 447 g/mol. The summed E-state index contributed by atoms with van der Waals surface area (Å²) in [5, 5.41) is 2.49. The minimum Gasteiger partial charge on any atom is -0.495 e. The fraction of sp³-hybridized carbons (Fsp3) is 0.300. The number of carbonyl (C=O) groups excluding carboxylic acids is 2. The van der Waals surface area contributed by atoms with Crippen molar-refractivity contribution in [2.45, 2.75) is 16.2 Å². The summed E-state index contributed by atoms with van der Waals surface area (Å²) in [6.07, 6.45) is 0.0647. The third-order valence-electron chi connectivity index (χ3n) is 3.98. The second-order valence-electron chi connectivity index (χ2n) is 6.41. The van der Waals surface area contributed by atoms with Crippen LogP contribution in [0.1, 0.15) is 6.42 Å². The first-order valence-corrected chi connectivity index (χ1v) is 11.5. The Hall–Kier alpha value is -2.63. The van der Waals surface area contributed by atoms with Crippen LogP contribution in [0.25, 0.3) is 0 Å². The molecule has 0 atom stereocenters. The van der Waals surface area contributed by atoms with E-state index in [1.165, 1.54) is 63.3 Å². The Morgan fingerprint density at radius 3 is 2.42 bits per heavy atom. The third kappa shape index (κ3) is 7.23. The second-order valence-corrected chi connectivity index (χ2v) is 9.73. The summed E-state index contributed by atoms with van der Waals surface area (Å²) < 4.78 is 48.6. The Kier molecular flexibility index (Phi) is 8.84. The van der Waals surface area contributed by atoms with Gasteiger partial charge in [0.2, 0.25) is 10.0 Å². The molecule has 0 fully saturated rings. The van der Waals surface area contributed by atoms with Gasteiger partial charge in [-0.05, 0) is 42.5 Å². The molecule has 0 aliphatic rings. The number of nitrogens with one attached hydrogen (secondary N) is 1. The van der Waals surface area contributed by atoms with Gasteiger partial charge < -0.3 is 14.8 Å². The number of nitrogens with zero attached hydrogens (tertiary/aromatic N) is 1. The molecule has 2 rings (SSSR count). The van der Waals surface area contributed by atoms with Gasteiger partial charge in [0, 0.05) is 24.7 Å². The van der Waals surface area contributed by atoms with Gasteiger partial charge in [-0.3, -0.25) is 9.59 Å². The smallest absolute Gasteiger partial charge is 0.307 e. The van der Waals surface area contributed by atoms with Crippen molar-refractivity contribution < 1.29 is 31.9 Å². The Balaban J connectivity index is 1.88. The van der Waals surface area contributed by atoms with Gasteiger partial charge in [0.25, 0.3) is 5.91 Å². The molecule has 1 N–H and O–H groups in total. The number of halogens is 1. The Morgan fingerprint density at radius 1 is 1.13 bits per heavy atom. The maximum absolute atomic E-state index is 12.9. The highest BCUT2D eigenvalue weighted by atomic mass is 32.2. The number of esters is 1. The molecule has 168 valence electrons. The number of hydrogen-bond donors (Lipinski definition) is 1. The van der Waals surface area contributed by atoms with Gasteiger partial charge >= 0.3 is 5.97 Å². The number of methoxy groups -OCH3 is 1. The van der Waals surface area contributed by atoms with E-state index in [0.717, 1.165) is 9.20 Å². The minimum atomic E-state index is -3.70.